The molecule has 3 aromatic carbocycles. The van der Waals surface area contributed by atoms with Gasteiger partial charge in [-0.3, -0.25) is 9.52 Å². The molecule has 0 saturated heterocycles. The fourth-order valence-corrected chi connectivity index (χ4v) is 5.96. The highest BCUT2D eigenvalue weighted by Crippen LogP contribution is 2.40. The molecule has 180 valence electrons. The van der Waals surface area contributed by atoms with Crippen molar-refractivity contribution in [1.82, 2.24) is 5.32 Å². The highest BCUT2D eigenvalue weighted by Gasteiger charge is 2.27. The van der Waals surface area contributed by atoms with Crippen LogP contribution in [-0.2, 0) is 10.0 Å². The Morgan fingerprint density at radius 1 is 1.03 bits per heavy atom. The zero-order valence-corrected chi connectivity index (χ0v) is 20.0. The molecule has 5 rings (SSSR count). The number of sulfonamides is 1. The number of hydrogen-bond donors (Lipinski definition) is 2. The average molecular weight is 493 g/mol. The molecule has 1 aliphatic carbocycles. The van der Waals surface area contributed by atoms with Crippen LogP contribution in [0, 0.1) is 11.7 Å². The van der Waals surface area contributed by atoms with E-state index in [1.165, 1.54) is 19.2 Å². The number of hydrogen-bond acceptors (Lipinski definition) is 4. The number of carbonyl (C=O) groups excluding carboxylic acids is 1. The number of rotatable bonds is 7. The Morgan fingerprint density at radius 3 is 2.37 bits per heavy atom. The molecule has 1 amide bonds. The summed E-state index contributed by atoms with van der Waals surface area (Å²) in [4.78, 5) is 12.9. The van der Waals surface area contributed by atoms with E-state index in [0.717, 1.165) is 24.8 Å². The lowest BCUT2D eigenvalue weighted by molar-refractivity contribution is 0.0964. The van der Waals surface area contributed by atoms with Gasteiger partial charge in [0.2, 0.25) is 10.0 Å². The maximum Gasteiger partial charge on any atom is 0.255 e. The second kappa shape index (κ2) is 9.19. The Bertz CT molecular complexity index is 1490. The van der Waals surface area contributed by atoms with Gasteiger partial charge in [-0.2, -0.15) is 0 Å². The molecule has 0 bridgehead atoms. The van der Waals surface area contributed by atoms with Crippen molar-refractivity contribution in [3.05, 3.63) is 78.1 Å². The molecule has 0 atom stereocenters. The van der Waals surface area contributed by atoms with Crippen LogP contribution in [0.25, 0.3) is 33.4 Å². The smallest absolute Gasteiger partial charge is 0.255 e. The number of fused-ring (bicyclic) bond motifs is 1. The SMILES string of the molecule is CNC(=O)c1c(-c2ccc(F)cc2)oc2cc(NS(=O)(=O)CC3CCC3)c(-c3ccccc3)cc12. The van der Waals surface area contributed by atoms with Crippen molar-refractivity contribution in [2.45, 2.75) is 19.3 Å². The summed E-state index contributed by atoms with van der Waals surface area (Å²) in [6.45, 7) is 0. The molecule has 0 spiro atoms. The quantitative estimate of drug-likeness (QED) is 0.341. The topological polar surface area (TPSA) is 88.4 Å². The second-order valence-corrected chi connectivity index (χ2v) is 10.6. The van der Waals surface area contributed by atoms with Gasteiger partial charge in [-0.05, 0) is 54.7 Å². The van der Waals surface area contributed by atoms with E-state index in [9.17, 15) is 17.6 Å². The van der Waals surface area contributed by atoms with Crippen LogP contribution in [0.5, 0.6) is 0 Å². The Hall–Kier alpha value is -3.65. The standard InChI is InChI=1S/C27H25FN2O4S/c1-29-27(31)25-22-14-21(18-8-3-2-4-9-18)23(30-35(32,33)16-17-6-5-7-17)15-24(22)34-26(25)19-10-12-20(28)13-11-19/h2-4,8-15,17,30H,5-7,16H2,1H3,(H,29,31). The summed E-state index contributed by atoms with van der Waals surface area (Å²) >= 11 is 0. The first-order valence-electron chi connectivity index (χ1n) is 11.5. The summed E-state index contributed by atoms with van der Waals surface area (Å²) in [5, 5.41) is 3.17. The molecule has 2 N–H and O–H groups in total. The van der Waals surface area contributed by atoms with E-state index in [2.05, 4.69) is 10.0 Å². The number of furan rings is 1. The van der Waals surface area contributed by atoms with Gasteiger partial charge in [0.25, 0.3) is 5.91 Å². The summed E-state index contributed by atoms with van der Waals surface area (Å²) in [6.07, 6.45) is 2.89. The lowest BCUT2D eigenvalue weighted by Gasteiger charge is -2.25. The van der Waals surface area contributed by atoms with Crippen LogP contribution in [0.1, 0.15) is 29.6 Å². The summed E-state index contributed by atoms with van der Waals surface area (Å²) in [6, 6.07) is 18.4. The molecule has 0 radical (unpaired) electrons. The van der Waals surface area contributed by atoms with Gasteiger partial charge in [0.15, 0.2) is 0 Å². The van der Waals surface area contributed by atoms with Crippen LogP contribution in [0.2, 0.25) is 0 Å². The number of benzene rings is 3. The minimum Gasteiger partial charge on any atom is -0.455 e. The third-order valence-electron chi connectivity index (χ3n) is 6.42. The fourth-order valence-electron chi connectivity index (χ4n) is 4.42. The number of nitrogens with one attached hydrogen (secondary N) is 2. The number of anilines is 1. The van der Waals surface area contributed by atoms with Crippen molar-refractivity contribution >= 4 is 32.6 Å². The van der Waals surface area contributed by atoms with Crippen molar-refractivity contribution < 1.29 is 22.0 Å². The minimum absolute atomic E-state index is 0.0712. The fraction of sp³-hybridized carbons (Fsp3) is 0.222. The summed E-state index contributed by atoms with van der Waals surface area (Å²) < 4.78 is 48.3. The van der Waals surface area contributed by atoms with Gasteiger partial charge < -0.3 is 9.73 Å². The van der Waals surface area contributed by atoms with Crippen molar-refractivity contribution in [1.29, 1.82) is 0 Å². The zero-order chi connectivity index (χ0) is 24.6. The van der Waals surface area contributed by atoms with Crippen molar-refractivity contribution in [3.63, 3.8) is 0 Å². The third kappa shape index (κ3) is 4.66. The molecule has 4 aromatic rings. The molecule has 1 fully saturated rings. The van der Waals surface area contributed by atoms with E-state index in [1.54, 1.807) is 24.3 Å². The van der Waals surface area contributed by atoms with Crippen LogP contribution >= 0.6 is 0 Å². The van der Waals surface area contributed by atoms with Gasteiger partial charge in [0.1, 0.15) is 17.2 Å². The molecule has 35 heavy (non-hydrogen) atoms. The first-order chi connectivity index (χ1) is 16.8. The summed E-state index contributed by atoms with van der Waals surface area (Å²) in [7, 11) is -2.06. The normalized spacial score (nSPS) is 14.0. The predicted octanol–water partition coefficient (Wildman–Crippen LogP) is 5.81. The van der Waals surface area contributed by atoms with E-state index < -0.39 is 15.8 Å². The highest BCUT2D eigenvalue weighted by atomic mass is 32.2. The lowest BCUT2D eigenvalue weighted by atomic mass is 9.87. The van der Waals surface area contributed by atoms with Crippen LogP contribution in [0.4, 0.5) is 10.1 Å². The lowest BCUT2D eigenvalue weighted by Crippen LogP contribution is -2.26. The van der Waals surface area contributed by atoms with Gasteiger partial charge in [-0.15, -0.1) is 0 Å². The Labute approximate surface area is 203 Å². The minimum atomic E-state index is -3.59. The van der Waals surface area contributed by atoms with E-state index in [-0.39, 0.29) is 23.3 Å². The molecule has 1 saturated carbocycles. The zero-order valence-electron chi connectivity index (χ0n) is 19.2. The molecule has 6 nitrogen and oxygen atoms in total. The molecule has 1 aromatic heterocycles. The molecule has 1 heterocycles. The van der Waals surface area contributed by atoms with Crippen LogP contribution in [0.3, 0.4) is 0 Å². The van der Waals surface area contributed by atoms with Gasteiger partial charge in [-0.25, -0.2) is 12.8 Å². The predicted molar refractivity (Wildman–Crippen MR) is 135 cm³/mol. The molecule has 0 aliphatic heterocycles. The third-order valence-corrected chi connectivity index (χ3v) is 7.86. The summed E-state index contributed by atoms with van der Waals surface area (Å²) in [5.41, 5.74) is 3.00. The van der Waals surface area contributed by atoms with Gasteiger partial charge in [0.05, 0.1) is 17.0 Å². The van der Waals surface area contributed by atoms with E-state index in [1.807, 2.05) is 30.3 Å². The maximum atomic E-state index is 13.5. The molecular formula is C27H25FN2O4S. The molecule has 1 aliphatic rings. The van der Waals surface area contributed by atoms with Crippen LogP contribution in [-0.4, -0.2) is 27.1 Å². The first-order valence-corrected chi connectivity index (χ1v) is 13.1. The van der Waals surface area contributed by atoms with Crippen LogP contribution in [0.15, 0.2) is 71.1 Å². The van der Waals surface area contributed by atoms with Crippen LogP contribution < -0.4 is 10.0 Å². The Kier molecular flexibility index (Phi) is 6.06. The Balaban J connectivity index is 1.70. The maximum absolute atomic E-state index is 13.5. The van der Waals surface area contributed by atoms with Gasteiger partial charge >= 0.3 is 0 Å². The van der Waals surface area contributed by atoms with Gasteiger partial charge in [0, 0.05) is 29.6 Å². The molecular weight excluding hydrogens is 467 g/mol. The van der Waals surface area contributed by atoms with Crippen molar-refractivity contribution in [3.8, 4) is 22.5 Å². The number of halogens is 1. The van der Waals surface area contributed by atoms with E-state index >= 15 is 0 Å². The molecule has 0 unspecified atom stereocenters. The Morgan fingerprint density at radius 2 is 1.74 bits per heavy atom. The van der Waals surface area contributed by atoms with Crippen molar-refractivity contribution in [2.75, 3.05) is 17.5 Å². The number of carbonyl (C=O) groups is 1. The van der Waals surface area contributed by atoms with Gasteiger partial charge in [-0.1, -0.05) is 36.8 Å². The van der Waals surface area contributed by atoms with Crippen molar-refractivity contribution in [2.24, 2.45) is 5.92 Å². The average Bonchev–Trinajstić information content (AvgIpc) is 3.19. The highest BCUT2D eigenvalue weighted by molar-refractivity contribution is 7.92. The summed E-state index contributed by atoms with van der Waals surface area (Å²) in [5.74, 6) is -0.235. The largest absolute Gasteiger partial charge is 0.455 e. The monoisotopic (exact) mass is 492 g/mol. The second-order valence-electron chi connectivity index (χ2n) is 8.83. The number of amides is 1. The van der Waals surface area contributed by atoms with E-state index in [4.69, 9.17) is 4.42 Å². The van der Waals surface area contributed by atoms with E-state index in [0.29, 0.717) is 33.3 Å². The first kappa shape index (κ1) is 23.1. The molecule has 8 heteroatoms.